The molecule has 16 heavy (non-hydrogen) atoms. The molecule has 0 aliphatic carbocycles. The highest BCUT2D eigenvalue weighted by Gasteiger charge is 2.45. The fraction of sp³-hybridized carbons (Fsp3) is 1.00. The maximum atomic E-state index is 13.2. The highest BCUT2D eigenvalue weighted by atomic mass is 31.2. The molecule has 3 N–H and O–H groups in total. The van der Waals surface area contributed by atoms with Gasteiger partial charge in [-0.25, -0.2) is 4.39 Å². The number of hydrogen-bond acceptors (Lipinski definition) is 8. The van der Waals surface area contributed by atoms with Gasteiger partial charge in [-0.2, -0.15) is 0 Å². The third kappa shape index (κ3) is 3.19. The first-order chi connectivity index (χ1) is 7.26. The lowest BCUT2D eigenvalue weighted by Crippen LogP contribution is -2.57. The molecule has 10 heteroatoms. The molecule has 1 aliphatic rings. The number of aliphatic hydroxyl groups is 3. The lowest BCUT2D eigenvalue weighted by atomic mass is 10.0. The van der Waals surface area contributed by atoms with Crippen molar-refractivity contribution in [1.29, 1.82) is 0 Å². The average molecular weight is 260 g/mol. The summed E-state index contributed by atoms with van der Waals surface area (Å²) in [6, 6.07) is 0. The van der Waals surface area contributed by atoms with E-state index in [1.54, 1.807) is 0 Å². The van der Waals surface area contributed by atoms with Crippen LogP contribution in [-0.4, -0.2) is 52.7 Å². The molecule has 1 fully saturated rings. The highest BCUT2D eigenvalue weighted by Crippen LogP contribution is 2.34. The van der Waals surface area contributed by atoms with Crippen molar-refractivity contribution >= 4 is 7.82 Å². The van der Waals surface area contributed by atoms with Gasteiger partial charge in [0.1, 0.15) is 18.3 Å². The van der Waals surface area contributed by atoms with Crippen LogP contribution >= 0.6 is 7.82 Å². The van der Waals surface area contributed by atoms with Crippen molar-refractivity contribution < 1.29 is 43.3 Å². The van der Waals surface area contributed by atoms with E-state index in [1.165, 1.54) is 0 Å². The van der Waals surface area contributed by atoms with Crippen molar-refractivity contribution in [3.05, 3.63) is 0 Å². The Morgan fingerprint density at radius 2 is 1.94 bits per heavy atom. The molecule has 1 rings (SSSR count). The molecule has 1 saturated heterocycles. The van der Waals surface area contributed by atoms with Crippen LogP contribution in [0.3, 0.4) is 0 Å². The lowest BCUT2D eigenvalue weighted by Gasteiger charge is -2.42. The standard InChI is InChI=1S/C6H12FO8P/c7-3-5(10)4(9)2(1-8)14-6(3)15-16(11,12)13/h2-6,8-10H,1H2,(H2,11,12,13)/p-2/t2-,3-,4+,5-,6-/m1/s1. The number of phosphoric ester groups is 1. The van der Waals surface area contributed by atoms with Crippen LogP contribution in [0.2, 0.25) is 0 Å². The fourth-order valence-corrected chi connectivity index (χ4v) is 1.68. The minimum absolute atomic E-state index is 0.799. The molecule has 5 atom stereocenters. The van der Waals surface area contributed by atoms with Gasteiger partial charge in [-0.1, -0.05) is 0 Å². The van der Waals surface area contributed by atoms with Gasteiger partial charge < -0.3 is 38.9 Å². The summed E-state index contributed by atoms with van der Waals surface area (Å²) in [7, 11) is -5.49. The number of alkyl halides is 1. The maximum Gasteiger partial charge on any atom is 0.196 e. The number of rotatable bonds is 3. The smallest absolute Gasteiger partial charge is 0.196 e. The molecular formula is C6H10FO8P-2. The van der Waals surface area contributed by atoms with Crippen molar-refractivity contribution in [2.75, 3.05) is 6.61 Å². The normalized spacial score (nSPS) is 41.0. The molecule has 1 aliphatic heterocycles. The Morgan fingerprint density at radius 3 is 2.38 bits per heavy atom. The number of halogens is 1. The van der Waals surface area contributed by atoms with Crippen molar-refractivity contribution in [1.82, 2.24) is 0 Å². The van der Waals surface area contributed by atoms with E-state index in [1.807, 2.05) is 0 Å². The van der Waals surface area contributed by atoms with Crippen molar-refractivity contribution in [2.24, 2.45) is 0 Å². The minimum Gasteiger partial charge on any atom is -0.790 e. The first-order valence-corrected chi connectivity index (χ1v) is 5.69. The molecule has 0 aromatic carbocycles. The summed E-state index contributed by atoms with van der Waals surface area (Å²) in [5.74, 6) is 0. The SMILES string of the molecule is O=P([O-])([O-])O[C@H]1O[C@H](CO)[C@H](O)[C@H](O)[C@H]1F. The van der Waals surface area contributed by atoms with Gasteiger partial charge >= 0.3 is 0 Å². The van der Waals surface area contributed by atoms with Crippen LogP contribution in [0.1, 0.15) is 0 Å². The van der Waals surface area contributed by atoms with Crippen LogP contribution in [0.4, 0.5) is 4.39 Å². The second kappa shape index (κ2) is 5.03. The Bertz CT molecular complexity index is 280. The van der Waals surface area contributed by atoms with Crippen molar-refractivity contribution in [3.8, 4) is 0 Å². The van der Waals surface area contributed by atoms with Gasteiger partial charge in [0, 0.05) is 0 Å². The molecule has 0 radical (unpaired) electrons. The van der Waals surface area contributed by atoms with E-state index in [9.17, 15) is 18.7 Å². The summed E-state index contributed by atoms with van der Waals surface area (Å²) < 4.78 is 31.6. The fourth-order valence-electron chi connectivity index (χ4n) is 1.26. The first kappa shape index (κ1) is 13.9. The Balaban J connectivity index is 2.75. The summed E-state index contributed by atoms with van der Waals surface area (Å²) in [5.41, 5.74) is 0. The van der Waals surface area contributed by atoms with Gasteiger partial charge in [-0.05, 0) is 0 Å². The molecule has 0 amide bonds. The molecule has 0 spiro atoms. The molecular weight excluding hydrogens is 250 g/mol. The molecule has 1 heterocycles. The molecule has 0 unspecified atom stereocenters. The van der Waals surface area contributed by atoms with Gasteiger partial charge in [0.2, 0.25) is 0 Å². The third-order valence-electron chi connectivity index (χ3n) is 2.04. The van der Waals surface area contributed by atoms with E-state index in [-0.39, 0.29) is 0 Å². The van der Waals surface area contributed by atoms with E-state index >= 15 is 0 Å². The van der Waals surface area contributed by atoms with Crippen LogP contribution in [0.5, 0.6) is 0 Å². The zero-order chi connectivity index (χ0) is 12.5. The molecule has 96 valence electrons. The zero-order valence-corrected chi connectivity index (χ0v) is 8.70. The Kier molecular flexibility index (Phi) is 4.38. The van der Waals surface area contributed by atoms with Crippen molar-refractivity contribution in [3.63, 3.8) is 0 Å². The predicted octanol–water partition coefficient (Wildman–Crippen LogP) is -3.39. The molecule has 0 aromatic rings. The van der Waals surface area contributed by atoms with E-state index < -0.39 is 45.2 Å². The van der Waals surface area contributed by atoms with E-state index in [0.29, 0.717) is 0 Å². The van der Waals surface area contributed by atoms with Crippen LogP contribution in [0.15, 0.2) is 0 Å². The highest BCUT2D eigenvalue weighted by molar-refractivity contribution is 7.43. The van der Waals surface area contributed by atoms with Crippen LogP contribution in [0, 0.1) is 0 Å². The zero-order valence-electron chi connectivity index (χ0n) is 7.80. The first-order valence-electron chi connectivity index (χ1n) is 4.23. The number of ether oxygens (including phenoxy) is 1. The molecule has 0 saturated carbocycles. The Morgan fingerprint density at radius 1 is 1.38 bits per heavy atom. The third-order valence-corrected chi connectivity index (χ3v) is 2.50. The second-order valence-corrected chi connectivity index (χ2v) is 4.31. The minimum atomic E-state index is -5.49. The van der Waals surface area contributed by atoms with Crippen molar-refractivity contribution in [2.45, 2.75) is 30.8 Å². The lowest BCUT2D eigenvalue weighted by molar-refractivity contribution is -0.365. The van der Waals surface area contributed by atoms with Crippen LogP contribution in [0.25, 0.3) is 0 Å². The van der Waals surface area contributed by atoms with Crippen LogP contribution in [-0.2, 0) is 13.8 Å². The maximum absolute atomic E-state index is 13.2. The molecule has 0 aromatic heterocycles. The summed E-state index contributed by atoms with van der Waals surface area (Å²) >= 11 is 0. The number of hydrogen-bond donors (Lipinski definition) is 3. The monoisotopic (exact) mass is 260 g/mol. The van der Waals surface area contributed by atoms with Gasteiger partial charge in [0.25, 0.3) is 0 Å². The Labute approximate surface area is 89.5 Å². The Hall–Kier alpha value is -0.120. The summed E-state index contributed by atoms with van der Waals surface area (Å²) in [5, 5.41) is 27.0. The number of phosphoric acid groups is 1. The average Bonchev–Trinajstić information content (AvgIpc) is 2.17. The summed E-state index contributed by atoms with van der Waals surface area (Å²) in [6.07, 6.45) is -9.76. The molecule has 8 nitrogen and oxygen atoms in total. The van der Waals surface area contributed by atoms with E-state index in [2.05, 4.69) is 9.26 Å². The van der Waals surface area contributed by atoms with Gasteiger partial charge in [-0.3, -0.25) is 0 Å². The number of aliphatic hydroxyl groups excluding tert-OH is 3. The molecule has 0 bridgehead atoms. The van der Waals surface area contributed by atoms with Gasteiger partial charge in [-0.15, -0.1) is 0 Å². The van der Waals surface area contributed by atoms with E-state index in [0.717, 1.165) is 0 Å². The summed E-state index contributed by atoms with van der Waals surface area (Å²) in [4.78, 5) is 20.4. The van der Waals surface area contributed by atoms with Gasteiger partial charge in [0.15, 0.2) is 12.5 Å². The van der Waals surface area contributed by atoms with E-state index in [4.69, 9.17) is 15.3 Å². The summed E-state index contributed by atoms with van der Waals surface area (Å²) in [6.45, 7) is -0.799. The topological polar surface area (TPSA) is 142 Å². The quantitative estimate of drug-likeness (QED) is 0.446. The predicted molar refractivity (Wildman–Crippen MR) is 41.3 cm³/mol. The largest absolute Gasteiger partial charge is 0.790 e. The van der Waals surface area contributed by atoms with Gasteiger partial charge in [0.05, 0.1) is 14.4 Å². The second-order valence-electron chi connectivity index (χ2n) is 3.20. The van der Waals surface area contributed by atoms with Crippen LogP contribution < -0.4 is 9.79 Å².